The van der Waals surface area contributed by atoms with Crippen molar-refractivity contribution in [3.8, 4) is 0 Å². The molecule has 5 nitrogen and oxygen atoms in total. The Balaban J connectivity index is 2.03. The quantitative estimate of drug-likeness (QED) is 0.778. The molecule has 0 atom stereocenters. The molecular formula is C9H10N2O3. The Morgan fingerprint density at radius 3 is 3.07 bits per heavy atom. The topological polar surface area (TPSA) is 72.3 Å². The van der Waals surface area contributed by atoms with Crippen LogP contribution in [0.15, 0.2) is 27.3 Å². The Labute approximate surface area is 80.4 Å². The van der Waals surface area contributed by atoms with Crippen LogP contribution < -0.4 is 0 Å². The van der Waals surface area contributed by atoms with Gasteiger partial charge in [0.2, 0.25) is 5.89 Å². The zero-order valence-electron chi connectivity index (χ0n) is 7.51. The number of aliphatic hydroxyl groups excluding tert-OH is 1. The maximum atomic E-state index is 8.64. The Hall–Kier alpha value is -1.62. The highest BCUT2D eigenvalue weighted by Crippen LogP contribution is 2.07. The number of rotatable bonds is 4. The minimum absolute atomic E-state index is 0.0163. The van der Waals surface area contributed by atoms with Crippen molar-refractivity contribution in [3.05, 3.63) is 35.9 Å². The van der Waals surface area contributed by atoms with Crippen molar-refractivity contribution in [1.29, 1.82) is 0 Å². The van der Waals surface area contributed by atoms with E-state index in [4.69, 9.17) is 14.0 Å². The number of hydrogen-bond donors (Lipinski definition) is 1. The SMILES string of the molecule is OCCc1nc(Cc2ccco2)no1. The van der Waals surface area contributed by atoms with Crippen LogP contribution in [0.25, 0.3) is 0 Å². The van der Waals surface area contributed by atoms with E-state index in [1.54, 1.807) is 6.26 Å². The standard InChI is InChI=1S/C9H10N2O3/c12-4-3-9-10-8(11-14-9)6-7-2-1-5-13-7/h1-2,5,12H,3-4,6H2. The Bertz CT molecular complexity index is 380. The molecule has 0 spiro atoms. The molecule has 0 saturated carbocycles. The minimum Gasteiger partial charge on any atom is -0.469 e. The third-order valence-corrected chi connectivity index (χ3v) is 1.75. The van der Waals surface area contributed by atoms with Crippen molar-refractivity contribution in [1.82, 2.24) is 10.1 Å². The van der Waals surface area contributed by atoms with Crippen LogP contribution in [-0.4, -0.2) is 21.9 Å². The molecule has 1 N–H and O–H groups in total. The summed E-state index contributed by atoms with van der Waals surface area (Å²) in [5.74, 6) is 1.82. The number of hydrogen-bond acceptors (Lipinski definition) is 5. The molecule has 0 aliphatic carbocycles. The van der Waals surface area contributed by atoms with Crippen LogP contribution in [0.2, 0.25) is 0 Å². The maximum absolute atomic E-state index is 8.64. The molecule has 74 valence electrons. The average Bonchev–Trinajstić information content (AvgIpc) is 2.79. The highest BCUT2D eigenvalue weighted by molar-refractivity contribution is 5.05. The van der Waals surface area contributed by atoms with Crippen LogP contribution >= 0.6 is 0 Å². The van der Waals surface area contributed by atoms with Crippen LogP contribution in [0.1, 0.15) is 17.5 Å². The normalized spacial score (nSPS) is 10.6. The minimum atomic E-state index is 0.0163. The van der Waals surface area contributed by atoms with Gasteiger partial charge >= 0.3 is 0 Å². The van der Waals surface area contributed by atoms with Gasteiger partial charge in [0.1, 0.15) is 5.76 Å². The fourth-order valence-electron chi connectivity index (χ4n) is 1.13. The van der Waals surface area contributed by atoms with E-state index >= 15 is 0 Å². The molecule has 0 saturated heterocycles. The molecule has 2 aromatic rings. The molecule has 2 heterocycles. The molecule has 0 bridgehead atoms. The summed E-state index contributed by atoms with van der Waals surface area (Å²) in [5, 5.41) is 12.4. The molecule has 0 radical (unpaired) electrons. The van der Waals surface area contributed by atoms with E-state index in [-0.39, 0.29) is 6.61 Å². The smallest absolute Gasteiger partial charge is 0.228 e. The fraction of sp³-hybridized carbons (Fsp3) is 0.333. The summed E-state index contributed by atoms with van der Waals surface area (Å²) in [4.78, 5) is 4.08. The molecular weight excluding hydrogens is 184 g/mol. The van der Waals surface area contributed by atoms with Gasteiger partial charge in [0.25, 0.3) is 0 Å². The molecule has 2 aromatic heterocycles. The van der Waals surface area contributed by atoms with Crippen LogP contribution in [-0.2, 0) is 12.8 Å². The lowest BCUT2D eigenvalue weighted by Crippen LogP contribution is -1.92. The Morgan fingerprint density at radius 2 is 2.36 bits per heavy atom. The number of nitrogens with zero attached hydrogens (tertiary/aromatic N) is 2. The number of aromatic nitrogens is 2. The van der Waals surface area contributed by atoms with Gasteiger partial charge in [-0.15, -0.1) is 0 Å². The van der Waals surface area contributed by atoms with Gasteiger partial charge in [0, 0.05) is 0 Å². The molecule has 5 heteroatoms. The van der Waals surface area contributed by atoms with Gasteiger partial charge in [0.05, 0.1) is 25.7 Å². The van der Waals surface area contributed by atoms with Crippen LogP contribution in [0.5, 0.6) is 0 Å². The van der Waals surface area contributed by atoms with Crippen LogP contribution in [0.3, 0.4) is 0 Å². The first-order valence-electron chi connectivity index (χ1n) is 4.33. The van der Waals surface area contributed by atoms with E-state index in [0.29, 0.717) is 24.6 Å². The van der Waals surface area contributed by atoms with Crippen LogP contribution in [0.4, 0.5) is 0 Å². The van der Waals surface area contributed by atoms with Gasteiger partial charge in [-0.25, -0.2) is 0 Å². The van der Waals surface area contributed by atoms with Gasteiger partial charge in [0.15, 0.2) is 5.82 Å². The Morgan fingerprint density at radius 1 is 1.43 bits per heavy atom. The lowest BCUT2D eigenvalue weighted by Gasteiger charge is -1.87. The van der Waals surface area contributed by atoms with Crippen molar-refractivity contribution in [2.45, 2.75) is 12.8 Å². The third-order valence-electron chi connectivity index (χ3n) is 1.75. The largest absolute Gasteiger partial charge is 0.469 e. The number of furan rings is 1. The van der Waals surface area contributed by atoms with Crippen molar-refractivity contribution in [3.63, 3.8) is 0 Å². The first-order valence-corrected chi connectivity index (χ1v) is 4.33. The molecule has 0 amide bonds. The predicted octanol–water partition coefficient (Wildman–Crippen LogP) is 0.788. The summed E-state index contributed by atoms with van der Waals surface area (Å²) < 4.78 is 10.0. The van der Waals surface area contributed by atoms with Crippen molar-refractivity contribution >= 4 is 0 Å². The van der Waals surface area contributed by atoms with Gasteiger partial charge in [-0.3, -0.25) is 0 Å². The first-order chi connectivity index (χ1) is 6.88. The zero-order chi connectivity index (χ0) is 9.80. The summed E-state index contributed by atoms with van der Waals surface area (Å²) in [6, 6.07) is 3.66. The highest BCUT2D eigenvalue weighted by atomic mass is 16.5. The van der Waals surface area contributed by atoms with Crippen molar-refractivity contribution < 1.29 is 14.0 Å². The van der Waals surface area contributed by atoms with Crippen LogP contribution in [0, 0.1) is 0 Å². The predicted molar refractivity (Wildman–Crippen MR) is 46.6 cm³/mol. The highest BCUT2D eigenvalue weighted by Gasteiger charge is 2.07. The molecule has 0 fully saturated rings. The second-order valence-corrected chi connectivity index (χ2v) is 2.83. The maximum Gasteiger partial charge on any atom is 0.228 e. The summed E-state index contributed by atoms with van der Waals surface area (Å²) in [6.07, 6.45) is 2.51. The summed E-state index contributed by atoms with van der Waals surface area (Å²) >= 11 is 0. The molecule has 0 aromatic carbocycles. The van der Waals surface area contributed by atoms with E-state index in [2.05, 4.69) is 10.1 Å². The van der Waals surface area contributed by atoms with E-state index in [1.165, 1.54) is 0 Å². The lowest BCUT2D eigenvalue weighted by atomic mass is 10.3. The lowest BCUT2D eigenvalue weighted by molar-refractivity contribution is 0.274. The van der Waals surface area contributed by atoms with Gasteiger partial charge in [-0.2, -0.15) is 4.98 Å². The summed E-state index contributed by atoms with van der Waals surface area (Å²) in [5.41, 5.74) is 0. The Kier molecular flexibility index (Phi) is 2.60. The third kappa shape index (κ3) is 2.00. The van der Waals surface area contributed by atoms with E-state index in [9.17, 15) is 0 Å². The van der Waals surface area contributed by atoms with Gasteiger partial charge in [-0.1, -0.05) is 5.16 Å². The van der Waals surface area contributed by atoms with E-state index < -0.39 is 0 Å². The first kappa shape index (κ1) is 8.96. The van der Waals surface area contributed by atoms with Crippen molar-refractivity contribution in [2.24, 2.45) is 0 Å². The summed E-state index contributed by atoms with van der Waals surface area (Å²) in [7, 11) is 0. The van der Waals surface area contributed by atoms with Crippen molar-refractivity contribution in [2.75, 3.05) is 6.61 Å². The second kappa shape index (κ2) is 4.06. The average molecular weight is 194 g/mol. The van der Waals surface area contributed by atoms with E-state index in [1.807, 2.05) is 12.1 Å². The second-order valence-electron chi connectivity index (χ2n) is 2.83. The zero-order valence-corrected chi connectivity index (χ0v) is 7.51. The fourth-order valence-corrected chi connectivity index (χ4v) is 1.13. The van der Waals surface area contributed by atoms with E-state index in [0.717, 1.165) is 5.76 Å². The molecule has 0 aliphatic heterocycles. The molecule has 0 unspecified atom stereocenters. The van der Waals surface area contributed by atoms with Gasteiger partial charge in [-0.05, 0) is 12.1 Å². The molecule has 0 aliphatic rings. The monoisotopic (exact) mass is 194 g/mol. The van der Waals surface area contributed by atoms with Gasteiger partial charge < -0.3 is 14.0 Å². The summed E-state index contributed by atoms with van der Waals surface area (Å²) in [6.45, 7) is 0.0163. The number of aliphatic hydroxyl groups is 1. The molecule has 2 rings (SSSR count). The molecule has 14 heavy (non-hydrogen) atoms.